The second-order valence-corrected chi connectivity index (χ2v) is 6.57. The summed E-state index contributed by atoms with van der Waals surface area (Å²) in [5, 5.41) is 3.72. The summed E-state index contributed by atoms with van der Waals surface area (Å²) in [5.74, 6) is 0.805. The SMILES string of the molecule is Cc1cc(C)c2c(c1)NC(c1ccc(F)cc1)C1CC=CC21. The smallest absolute Gasteiger partial charge is 0.123 e. The Balaban J connectivity index is 1.82. The second kappa shape index (κ2) is 4.98. The molecule has 0 amide bonds. The van der Waals surface area contributed by atoms with Gasteiger partial charge in [-0.05, 0) is 66.6 Å². The summed E-state index contributed by atoms with van der Waals surface area (Å²) in [6, 6.07) is 11.7. The van der Waals surface area contributed by atoms with Crippen molar-refractivity contribution in [3.63, 3.8) is 0 Å². The van der Waals surface area contributed by atoms with Gasteiger partial charge >= 0.3 is 0 Å². The average molecular weight is 293 g/mol. The van der Waals surface area contributed by atoms with Crippen LogP contribution in [0.3, 0.4) is 0 Å². The van der Waals surface area contributed by atoms with Crippen LogP contribution in [-0.2, 0) is 0 Å². The van der Waals surface area contributed by atoms with E-state index in [-0.39, 0.29) is 11.9 Å². The Morgan fingerprint density at radius 2 is 1.86 bits per heavy atom. The fourth-order valence-electron chi connectivity index (χ4n) is 4.14. The Labute approximate surface area is 130 Å². The van der Waals surface area contributed by atoms with E-state index in [9.17, 15) is 4.39 Å². The van der Waals surface area contributed by atoms with E-state index in [0.717, 1.165) is 6.42 Å². The van der Waals surface area contributed by atoms with Gasteiger partial charge in [-0.25, -0.2) is 4.39 Å². The number of anilines is 1. The molecule has 2 aromatic rings. The molecule has 3 atom stereocenters. The zero-order valence-corrected chi connectivity index (χ0v) is 12.9. The molecule has 4 rings (SSSR count). The molecule has 0 radical (unpaired) electrons. The summed E-state index contributed by atoms with van der Waals surface area (Å²) < 4.78 is 13.2. The van der Waals surface area contributed by atoms with Crippen molar-refractivity contribution in [2.45, 2.75) is 32.2 Å². The predicted molar refractivity (Wildman–Crippen MR) is 88.7 cm³/mol. The quantitative estimate of drug-likeness (QED) is 0.706. The van der Waals surface area contributed by atoms with Crippen LogP contribution in [0.15, 0.2) is 48.6 Å². The van der Waals surface area contributed by atoms with Crippen molar-refractivity contribution in [2.24, 2.45) is 5.92 Å². The predicted octanol–water partition coefficient (Wildman–Crippen LogP) is 5.27. The largest absolute Gasteiger partial charge is 0.378 e. The highest BCUT2D eigenvalue weighted by Gasteiger charge is 2.38. The Morgan fingerprint density at radius 1 is 1.09 bits per heavy atom. The van der Waals surface area contributed by atoms with Crippen LogP contribution in [-0.4, -0.2) is 0 Å². The summed E-state index contributed by atoms with van der Waals surface area (Å²) in [5.41, 5.74) is 6.48. The Hall–Kier alpha value is -2.09. The number of aryl methyl sites for hydroxylation is 2. The topological polar surface area (TPSA) is 12.0 Å². The lowest BCUT2D eigenvalue weighted by Gasteiger charge is -2.38. The summed E-state index contributed by atoms with van der Waals surface area (Å²) in [7, 11) is 0. The van der Waals surface area contributed by atoms with E-state index in [1.165, 1.54) is 27.9 Å². The molecular formula is C20H20FN. The normalized spacial score (nSPS) is 25.5. The highest BCUT2D eigenvalue weighted by molar-refractivity contribution is 5.63. The molecule has 1 N–H and O–H groups in total. The number of nitrogens with one attached hydrogen (secondary N) is 1. The highest BCUT2D eigenvalue weighted by atomic mass is 19.1. The summed E-state index contributed by atoms with van der Waals surface area (Å²) in [4.78, 5) is 0. The minimum Gasteiger partial charge on any atom is -0.378 e. The van der Waals surface area contributed by atoms with E-state index >= 15 is 0 Å². The maximum absolute atomic E-state index is 13.2. The number of hydrogen-bond acceptors (Lipinski definition) is 1. The first-order valence-corrected chi connectivity index (χ1v) is 7.93. The van der Waals surface area contributed by atoms with Gasteiger partial charge in [0, 0.05) is 11.6 Å². The van der Waals surface area contributed by atoms with E-state index in [4.69, 9.17) is 0 Å². The van der Waals surface area contributed by atoms with Crippen LogP contribution in [0.25, 0.3) is 0 Å². The molecule has 2 aliphatic rings. The first-order valence-electron chi connectivity index (χ1n) is 7.93. The van der Waals surface area contributed by atoms with Crippen LogP contribution in [0, 0.1) is 25.6 Å². The Morgan fingerprint density at radius 3 is 2.64 bits per heavy atom. The molecule has 112 valence electrons. The summed E-state index contributed by atoms with van der Waals surface area (Å²) in [6.07, 6.45) is 5.72. The van der Waals surface area contributed by atoms with E-state index in [1.54, 1.807) is 12.1 Å². The maximum atomic E-state index is 13.2. The number of benzene rings is 2. The maximum Gasteiger partial charge on any atom is 0.123 e. The first-order chi connectivity index (χ1) is 10.6. The molecule has 1 aliphatic carbocycles. The van der Waals surface area contributed by atoms with E-state index in [1.807, 2.05) is 12.1 Å². The number of halogens is 1. The van der Waals surface area contributed by atoms with Gasteiger partial charge in [-0.1, -0.05) is 30.4 Å². The molecule has 0 bridgehead atoms. The van der Waals surface area contributed by atoms with Crippen molar-refractivity contribution in [3.05, 3.63) is 76.6 Å². The fourth-order valence-corrected chi connectivity index (χ4v) is 4.14. The molecule has 0 fully saturated rings. The molecule has 22 heavy (non-hydrogen) atoms. The lowest BCUT2D eigenvalue weighted by Crippen LogP contribution is -2.29. The lowest BCUT2D eigenvalue weighted by atomic mass is 9.75. The van der Waals surface area contributed by atoms with Gasteiger partial charge < -0.3 is 5.32 Å². The van der Waals surface area contributed by atoms with Crippen molar-refractivity contribution in [1.29, 1.82) is 0 Å². The average Bonchev–Trinajstić information content (AvgIpc) is 2.95. The van der Waals surface area contributed by atoms with Crippen molar-refractivity contribution < 1.29 is 4.39 Å². The third-order valence-electron chi connectivity index (χ3n) is 5.05. The number of allylic oxidation sites excluding steroid dienone is 2. The number of rotatable bonds is 1. The molecule has 2 aromatic carbocycles. The molecule has 1 aliphatic heterocycles. The van der Waals surface area contributed by atoms with Gasteiger partial charge in [-0.2, -0.15) is 0 Å². The third kappa shape index (κ3) is 2.06. The van der Waals surface area contributed by atoms with Crippen LogP contribution in [0.4, 0.5) is 10.1 Å². The van der Waals surface area contributed by atoms with Crippen LogP contribution < -0.4 is 5.32 Å². The standard InChI is InChI=1S/C20H20FN/c1-12-10-13(2)19-16-4-3-5-17(16)20(22-18(19)11-12)14-6-8-15(21)9-7-14/h3-4,6-11,16-17,20,22H,5H2,1-2H3. The first kappa shape index (κ1) is 13.6. The number of hydrogen-bond donors (Lipinski definition) is 1. The second-order valence-electron chi connectivity index (χ2n) is 6.57. The van der Waals surface area contributed by atoms with Crippen molar-refractivity contribution in [1.82, 2.24) is 0 Å². The molecule has 2 heteroatoms. The molecule has 1 heterocycles. The van der Waals surface area contributed by atoms with Gasteiger partial charge in [0.2, 0.25) is 0 Å². The zero-order valence-electron chi connectivity index (χ0n) is 12.9. The third-order valence-corrected chi connectivity index (χ3v) is 5.05. The van der Waals surface area contributed by atoms with Crippen molar-refractivity contribution >= 4 is 5.69 Å². The molecular weight excluding hydrogens is 273 g/mol. The van der Waals surface area contributed by atoms with Crippen LogP contribution >= 0.6 is 0 Å². The monoisotopic (exact) mass is 293 g/mol. The minimum atomic E-state index is -0.173. The lowest BCUT2D eigenvalue weighted by molar-refractivity contribution is 0.424. The van der Waals surface area contributed by atoms with E-state index < -0.39 is 0 Å². The summed E-state index contributed by atoms with van der Waals surface area (Å²) >= 11 is 0. The molecule has 0 spiro atoms. The van der Waals surface area contributed by atoms with E-state index in [0.29, 0.717) is 11.8 Å². The van der Waals surface area contributed by atoms with Crippen LogP contribution in [0.1, 0.15) is 40.6 Å². The van der Waals surface area contributed by atoms with Gasteiger partial charge in [-0.3, -0.25) is 0 Å². The van der Waals surface area contributed by atoms with Gasteiger partial charge in [0.25, 0.3) is 0 Å². The molecule has 0 saturated heterocycles. The zero-order chi connectivity index (χ0) is 15.3. The van der Waals surface area contributed by atoms with Gasteiger partial charge in [0.05, 0.1) is 6.04 Å². The van der Waals surface area contributed by atoms with E-state index in [2.05, 4.69) is 43.4 Å². The van der Waals surface area contributed by atoms with Crippen molar-refractivity contribution in [2.75, 3.05) is 5.32 Å². The molecule has 0 saturated carbocycles. The highest BCUT2D eigenvalue weighted by Crippen LogP contribution is 2.50. The van der Waals surface area contributed by atoms with Gasteiger partial charge in [0.15, 0.2) is 0 Å². The molecule has 1 nitrogen and oxygen atoms in total. The van der Waals surface area contributed by atoms with Crippen LogP contribution in [0.5, 0.6) is 0 Å². The Bertz CT molecular complexity index is 745. The fraction of sp³-hybridized carbons (Fsp3) is 0.300. The van der Waals surface area contributed by atoms with Gasteiger partial charge in [0.1, 0.15) is 5.82 Å². The van der Waals surface area contributed by atoms with Gasteiger partial charge in [-0.15, -0.1) is 0 Å². The molecule has 3 unspecified atom stereocenters. The Kier molecular flexibility index (Phi) is 3.07. The summed E-state index contributed by atoms with van der Waals surface area (Å²) in [6.45, 7) is 4.34. The number of fused-ring (bicyclic) bond motifs is 3. The van der Waals surface area contributed by atoms with Crippen LogP contribution in [0.2, 0.25) is 0 Å². The van der Waals surface area contributed by atoms with Crippen molar-refractivity contribution in [3.8, 4) is 0 Å². The molecule has 0 aromatic heterocycles. The minimum absolute atomic E-state index is 0.173.